The number of ether oxygens (including phenoxy) is 1. The van der Waals surface area contributed by atoms with Crippen LogP contribution in [0.15, 0.2) is 36.7 Å². The number of para-hydroxylation sites is 2. The van der Waals surface area contributed by atoms with Crippen LogP contribution in [0.4, 0.5) is 11.5 Å². The molecule has 2 aromatic heterocycles. The van der Waals surface area contributed by atoms with Gasteiger partial charge in [-0.1, -0.05) is 12.1 Å². The zero-order valence-electron chi connectivity index (χ0n) is 13.7. The van der Waals surface area contributed by atoms with Crippen LogP contribution in [-0.4, -0.2) is 57.8 Å². The summed E-state index contributed by atoms with van der Waals surface area (Å²) in [5, 5.41) is 11.7. The van der Waals surface area contributed by atoms with Crippen LogP contribution in [0.3, 0.4) is 0 Å². The second-order valence-electron chi connectivity index (χ2n) is 5.84. The van der Waals surface area contributed by atoms with Crippen LogP contribution in [-0.2, 0) is 0 Å². The van der Waals surface area contributed by atoms with Gasteiger partial charge in [-0.05, 0) is 29.5 Å². The molecule has 1 aromatic carbocycles. The summed E-state index contributed by atoms with van der Waals surface area (Å²) in [7, 11) is 2.00. The first kappa shape index (κ1) is 14.7. The van der Waals surface area contributed by atoms with E-state index < -0.39 is 0 Å². The first-order valence-corrected chi connectivity index (χ1v) is 8.00. The first-order chi connectivity index (χ1) is 11.8. The molecule has 4 rings (SSSR count). The van der Waals surface area contributed by atoms with Crippen molar-refractivity contribution in [2.24, 2.45) is 0 Å². The van der Waals surface area contributed by atoms with Gasteiger partial charge in [-0.3, -0.25) is 4.98 Å². The molecule has 124 valence electrons. The molecule has 8 heteroatoms. The Bertz CT molecular complexity index is 849. The number of tetrazole rings is 1. The van der Waals surface area contributed by atoms with E-state index in [1.807, 2.05) is 25.2 Å². The quantitative estimate of drug-likeness (QED) is 0.714. The second-order valence-corrected chi connectivity index (χ2v) is 5.84. The molecule has 1 aliphatic heterocycles. The number of hydrogen-bond acceptors (Lipinski definition) is 7. The summed E-state index contributed by atoms with van der Waals surface area (Å²) in [4.78, 5) is 8.62. The summed E-state index contributed by atoms with van der Waals surface area (Å²) in [5.74, 6) is 1.77. The van der Waals surface area contributed by atoms with Crippen molar-refractivity contribution in [3.8, 4) is 5.75 Å². The number of nitrogens with zero attached hydrogens (tertiary/aromatic N) is 7. The summed E-state index contributed by atoms with van der Waals surface area (Å²) >= 11 is 0. The highest BCUT2D eigenvalue weighted by Gasteiger charge is 2.26. The lowest BCUT2D eigenvalue weighted by molar-refractivity contribution is 0.199. The standard InChI is InChI=1S/C16H19N7O/c1-3-22-11-12(24-14-7-5-4-6-13(14)22)10-21(2)16-9-17-8-15-18-19-20-23(15)16/h4-9,12H,3,10-11H2,1-2H3/t12-/m0/s1. The summed E-state index contributed by atoms with van der Waals surface area (Å²) in [5.41, 5.74) is 1.78. The van der Waals surface area contributed by atoms with E-state index in [1.54, 1.807) is 16.9 Å². The number of aromatic nitrogens is 5. The van der Waals surface area contributed by atoms with E-state index in [-0.39, 0.29) is 6.10 Å². The Morgan fingerprint density at radius 2 is 2.17 bits per heavy atom. The Morgan fingerprint density at radius 3 is 3.04 bits per heavy atom. The van der Waals surface area contributed by atoms with Crippen LogP contribution in [0.2, 0.25) is 0 Å². The van der Waals surface area contributed by atoms with Gasteiger partial charge in [0.25, 0.3) is 0 Å². The molecule has 24 heavy (non-hydrogen) atoms. The van der Waals surface area contributed by atoms with Gasteiger partial charge >= 0.3 is 0 Å². The third kappa shape index (κ3) is 2.49. The van der Waals surface area contributed by atoms with Gasteiger partial charge in [0, 0.05) is 13.6 Å². The minimum atomic E-state index is 0.0524. The highest BCUT2D eigenvalue weighted by Crippen LogP contribution is 2.33. The normalized spacial score (nSPS) is 16.8. The smallest absolute Gasteiger partial charge is 0.199 e. The van der Waals surface area contributed by atoms with Gasteiger partial charge in [0.05, 0.1) is 31.2 Å². The highest BCUT2D eigenvalue weighted by molar-refractivity contribution is 5.60. The molecule has 3 heterocycles. The third-order valence-electron chi connectivity index (χ3n) is 4.26. The average Bonchev–Trinajstić information content (AvgIpc) is 3.09. The summed E-state index contributed by atoms with van der Waals surface area (Å²) < 4.78 is 7.87. The predicted molar refractivity (Wildman–Crippen MR) is 90.6 cm³/mol. The zero-order valence-corrected chi connectivity index (χ0v) is 13.7. The number of anilines is 2. The maximum absolute atomic E-state index is 6.19. The number of likely N-dealkylation sites (N-methyl/N-ethyl adjacent to an activating group) is 2. The van der Waals surface area contributed by atoms with Crippen molar-refractivity contribution in [1.82, 2.24) is 25.0 Å². The molecule has 1 atom stereocenters. The number of hydrogen-bond donors (Lipinski definition) is 0. The van der Waals surface area contributed by atoms with E-state index in [9.17, 15) is 0 Å². The average molecular weight is 325 g/mol. The molecule has 0 fully saturated rings. The van der Waals surface area contributed by atoms with Crippen molar-refractivity contribution in [3.63, 3.8) is 0 Å². The van der Waals surface area contributed by atoms with Crippen LogP contribution >= 0.6 is 0 Å². The second kappa shape index (κ2) is 5.95. The van der Waals surface area contributed by atoms with Gasteiger partial charge < -0.3 is 14.5 Å². The number of rotatable bonds is 4. The van der Waals surface area contributed by atoms with Gasteiger partial charge in [-0.2, -0.15) is 4.52 Å². The number of fused-ring (bicyclic) bond motifs is 2. The van der Waals surface area contributed by atoms with Gasteiger partial charge in [0.1, 0.15) is 11.9 Å². The molecule has 1 aliphatic rings. The zero-order chi connectivity index (χ0) is 16.5. The van der Waals surface area contributed by atoms with Crippen molar-refractivity contribution >= 4 is 17.2 Å². The lowest BCUT2D eigenvalue weighted by atomic mass is 10.2. The maximum atomic E-state index is 6.19. The molecular formula is C16H19N7O. The van der Waals surface area contributed by atoms with Crippen LogP contribution in [0.25, 0.3) is 5.65 Å². The fourth-order valence-electron chi connectivity index (χ4n) is 3.10. The lowest BCUT2D eigenvalue weighted by Crippen LogP contribution is -2.46. The third-order valence-corrected chi connectivity index (χ3v) is 4.26. The topological polar surface area (TPSA) is 71.7 Å². The Morgan fingerprint density at radius 1 is 1.29 bits per heavy atom. The van der Waals surface area contributed by atoms with Crippen molar-refractivity contribution < 1.29 is 4.74 Å². The molecule has 0 saturated heterocycles. The summed E-state index contributed by atoms with van der Waals surface area (Å²) in [6.07, 6.45) is 3.46. The predicted octanol–water partition coefficient (Wildman–Crippen LogP) is 1.24. The summed E-state index contributed by atoms with van der Waals surface area (Å²) in [6, 6.07) is 8.17. The summed E-state index contributed by atoms with van der Waals surface area (Å²) in [6.45, 7) is 4.67. The van der Waals surface area contributed by atoms with E-state index in [0.29, 0.717) is 12.2 Å². The van der Waals surface area contributed by atoms with Crippen molar-refractivity contribution in [2.75, 3.05) is 36.5 Å². The molecule has 0 radical (unpaired) electrons. The minimum absolute atomic E-state index is 0.0524. The fourth-order valence-corrected chi connectivity index (χ4v) is 3.10. The molecular weight excluding hydrogens is 306 g/mol. The van der Waals surface area contributed by atoms with Crippen molar-refractivity contribution in [3.05, 3.63) is 36.7 Å². The lowest BCUT2D eigenvalue weighted by Gasteiger charge is -2.37. The molecule has 0 N–H and O–H groups in total. The Balaban J connectivity index is 1.56. The Hall–Kier alpha value is -2.90. The van der Waals surface area contributed by atoms with Gasteiger partial charge in [0.2, 0.25) is 0 Å². The van der Waals surface area contributed by atoms with Crippen molar-refractivity contribution in [2.45, 2.75) is 13.0 Å². The van der Waals surface area contributed by atoms with E-state index in [0.717, 1.165) is 30.3 Å². The molecule has 0 saturated carbocycles. The van der Waals surface area contributed by atoms with Crippen LogP contribution in [0, 0.1) is 0 Å². The highest BCUT2D eigenvalue weighted by atomic mass is 16.5. The van der Waals surface area contributed by atoms with E-state index in [1.165, 1.54) is 0 Å². The van der Waals surface area contributed by atoms with Gasteiger partial charge in [-0.25, -0.2) is 0 Å². The minimum Gasteiger partial charge on any atom is -0.485 e. The van der Waals surface area contributed by atoms with Crippen molar-refractivity contribution in [1.29, 1.82) is 0 Å². The Kier molecular flexibility index (Phi) is 3.64. The molecule has 0 aliphatic carbocycles. The SMILES string of the molecule is CCN1C[C@H](CN(C)c2cncc3nnnn23)Oc2ccccc21. The molecule has 0 spiro atoms. The van der Waals surface area contributed by atoms with E-state index in [2.05, 4.69) is 43.3 Å². The molecule has 8 nitrogen and oxygen atoms in total. The molecule has 0 amide bonds. The van der Waals surface area contributed by atoms with E-state index >= 15 is 0 Å². The molecule has 3 aromatic rings. The number of benzene rings is 1. The fraction of sp³-hybridized carbons (Fsp3) is 0.375. The molecule has 0 bridgehead atoms. The Labute approximate surface area is 139 Å². The van der Waals surface area contributed by atoms with Crippen LogP contribution in [0.1, 0.15) is 6.92 Å². The largest absolute Gasteiger partial charge is 0.485 e. The van der Waals surface area contributed by atoms with Gasteiger partial charge in [-0.15, -0.1) is 5.10 Å². The van der Waals surface area contributed by atoms with Crippen LogP contribution in [0.5, 0.6) is 5.75 Å². The maximum Gasteiger partial charge on any atom is 0.199 e. The van der Waals surface area contributed by atoms with Crippen LogP contribution < -0.4 is 14.5 Å². The van der Waals surface area contributed by atoms with E-state index in [4.69, 9.17) is 4.74 Å². The van der Waals surface area contributed by atoms with Gasteiger partial charge in [0.15, 0.2) is 11.5 Å². The molecule has 0 unspecified atom stereocenters. The monoisotopic (exact) mass is 325 g/mol. The first-order valence-electron chi connectivity index (χ1n) is 8.00.